The van der Waals surface area contributed by atoms with Gasteiger partial charge in [-0.25, -0.2) is 4.39 Å². The maximum atomic E-state index is 13.9. The zero-order valence-electron chi connectivity index (χ0n) is 10.6. The number of para-hydroxylation sites is 1. The van der Waals surface area contributed by atoms with Crippen molar-refractivity contribution in [1.82, 2.24) is 0 Å². The van der Waals surface area contributed by atoms with E-state index in [1.54, 1.807) is 23.2 Å². The quantitative estimate of drug-likeness (QED) is 0.916. The van der Waals surface area contributed by atoms with Crippen LogP contribution in [0.2, 0.25) is 5.02 Å². The molecule has 2 N–H and O–H groups in total. The van der Waals surface area contributed by atoms with Gasteiger partial charge in [0, 0.05) is 11.4 Å². The lowest BCUT2D eigenvalue weighted by molar-refractivity contribution is 0.606. The Hall–Kier alpha value is -2.07. The molecular formula is C15H13ClFN3. The van der Waals surface area contributed by atoms with Crippen molar-refractivity contribution in [3.05, 3.63) is 64.9 Å². The summed E-state index contributed by atoms with van der Waals surface area (Å²) in [6.45, 7) is 0. The number of nitrogens with zero attached hydrogens (tertiary/aromatic N) is 2. The third kappa shape index (κ3) is 2.34. The van der Waals surface area contributed by atoms with Crippen LogP contribution in [0.4, 0.5) is 10.1 Å². The Kier molecular flexibility index (Phi) is 3.32. The average molecular weight is 290 g/mol. The Morgan fingerprint density at radius 1 is 1.15 bits per heavy atom. The summed E-state index contributed by atoms with van der Waals surface area (Å²) >= 11 is 5.90. The van der Waals surface area contributed by atoms with E-state index in [1.807, 2.05) is 24.3 Å². The Morgan fingerprint density at radius 3 is 2.55 bits per heavy atom. The molecule has 3 rings (SSSR count). The van der Waals surface area contributed by atoms with Gasteiger partial charge in [-0.1, -0.05) is 35.9 Å². The van der Waals surface area contributed by atoms with Crippen LogP contribution in [0.25, 0.3) is 0 Å². The van der Waals surface area contributed by atoms with Crippen molar-refractivity contribution in [3.63, 3.8) is 0 Å². The monoisotopic (exact) mass is 289 g/mol. The molecule has 1 aliphatic heterocycles. The van der Waals surface area contributed by atoms with Crippen molar-refractivity contribution in [2.24, 2.45) is 10.8 Å². The fourth-order valence-corrected chi connectivity index (χ4v) is 2.46. The Bertz CT molecular complexity index is 654. The minimum absolute atomic E-state index is 0.107. The van der Waals surface area contributed by atoms with Gasteiger partial charge < -0.3 is 5.73 Å². The smallest absolute Gasteiger partial charge is 0.148 e. The lowest BCUT2D eigenvalue weighted by atomic mass is 10.0. The number of hydrazone groups is 1. The molecule has 0 amide bonds. The first-order chi connectivity index (χ1) is 9.65. The van der Waals surface area contributed by atoms with Crippen LogP contribution in [0, 0.1) is 5.82 Å². The molecule has 20 heavy (non-hydrogen) atoms. The molecule has 5 heteroatoms. The number of amidine groups is 1. The van der Waals surface area contributed by atoms with E-state index in [0.29, 0.717) is 23.0 Å². The first-order valence-corrected chi connectivity index (χ1v) is 6.65. The van der Waals surface area contributed by atoms with Crippen LogP contribution < -0.4 is 10.7 Å². The number of nitrogens with two attached hydrogens (primary N) is 1. The first-order valence-electron chi connectivity index (χ1n) is 6.27. The average Bonchev–Trinajstić information content (AvgIpc) is 2.82. The number of benzene rings is 2. The van der Waals surface area contributed by atoms with Crippen molar-refractivity contribution < 1.29 is 4.39 Å². The molecule has 1 unspecified atom stereocenters. The van der Waals surface area contributed by atoms with E-state index in [9.17, 15) is 4.39 Å². The van der Waals surface area contributed by atoms with Gasteiger partial charge in [-0.15, -0.1) is 0 Å². The molecule has 0 aromatic heterocycles. The number of hydrogen-bond acceptors (Lipinski definition) is 3. The molecular weight excluding hydrogens is 277 g/mol. The molecule has 2 aromatic rings. The van der Waals surface area contributed by atoms with E-state index < -0.39 is 0 Å². The van der Waals surface area contributed by atoms with Crippen molar-refractivity contribution in [2.45, 2.75) is 12.5 Å². The normalized spacial score (nSPS) is 18.2. The highest BCUT2D eigenvalue weighted by atomic mass is 35.5. The highest BCUT2D eigenvalue weighted by molar-refractivity contribution is 6.30. The van der Waals surface area contributed by atoms with Gasteiger partial charge in [-0.2, -0.15) is 5.10 Å². The third-order valence-electron chi connectivity index (χ3n) is 3.29. The van der Waals surface area contributed by atoms with Crippen LogP contribution in [0.1, 0.15) is 18.0 Å². The standard InChI is InChI=1S/C15H13ClFN3/c16-11-7-5-10(6-8-11)14-9-15(18)19-20(14)13-4-2-1-3-12(13)17/h1-8,14H,9H2,(H2,18,19). The minimum atomic E-state index is -0.315. The molecule has 3 nitrogen and oxygen atoms in total. The zero-order valence-corrected chi connectivity index (χ0v) is 11.4. The van der Waals surface area contributed by atoms with Gasteiger partial charge in [0.15, 0.2) is 0 Å². The van der Waals surface area contributed by atoms with Gasteiger partial charge >= 0.3 is 0 Å². The highest BCUT2D eigenvalue weighted by Crippen LogP contribution is 2.35. The summed E-state index contributed by atoms with van der Waals surface area (Å²) in [7, 11) is 0. The van der Waals surface area contributed by atoms with Crippen LogP contribution in [-0.2, 0) is 0 Å². The number of anilines is 1. The summed E-state index contributed by atoms with van der Waals surface area (Å²) in [4.78, 5) is 0. The van der Waals surface area contributed by atoms with Crippen LogP contribution in [-0.4, -0.2) is 5.84 Å². The minimum Gasteiger partial charge on any atom is -0.386 e. The number of halogens is 2. The van der Waals surface area contributed by atoms with Crippen LogP contribution in [0.3, 0.4) is 0 Å². The molecule has 0 saturated heterocycles. The van der Waals surface area contributed by atoms with Gasteiger partial charge in [0.25, 0.3) is 0 Å². The lowest BCUT2D eigenvalue weighted by Crippen LogP contribution is -2.19. The molecule has 0 fully saturated rings. The number of rotatable bonds is 2. The van der Waals surface area contributed by atoms with Gasteiger partial charge in [0.2, 0.25) is 0 Å². The second-order valence-corrected chi connectivity index (χ2v) is 5.10. The summed E-state index contributed by atoms with van der Waals surface area (Å²) in [5, 5.41) is 6.55. The molecule has 1 heterocycles. The SMILES string of the molecule is NC1=NN(c2ccccc2F)C(c2ccc(Cl)cc2)C1. The predicted molar refractivity (Wildman–Crippen MR) is 79.3 cm³/mol. The fourth-order valence-electron chi connectivity index (χ4n) is 2.34. The van der Waals surface area contributed by atoms with Crippen molar-refractivity contribution in [2.75, 3.05) is 5.01 Å². The molecule has 2 aromatic carbocycles. The largest absolute Gasteiger partial charge is 0.386 e. The Morgan fingerprint density at radius 2 is 1.85 bits per heavy atom. The Balaban J connectivity index is 1.99. The van der Waals surface area contributed by atoms with Gasteiger partial charge in [0.05, 0.1) is 11.7 Å². The maximum Gasteiger partial charge on any atom is 0.148 e. The third-order valence-corrected chi connectivity index (χ3v) is 3.54. The summed E-state index contributed by atoms with van der Waals surface area (Å²) in [6.07, 6.45) is 0.565. The van der Waals surface area contributed by atoms with E-state index in [0.717, 1.165) is 5.56 Å². The maximum absolute atomic E-state index is 13.9. The van der Waals surface area contributed by atoms with Crippen LogP contribution >= 0.6 is 11.6 Å². The van der Waals surface area contributed by atoms with E-state index in [-0.39, 0.29) is 11.9 Å². The molecule has 0 spiro atoms. The summed E-state index contributed by atoms with van der Waals surface area (Å²) in [5.41, 5.74) is 7.26. The fraction of sp³-hybridized carbons (Fsp3) is 0.133. The summed E-state index contributed by atoms with van der Waals surface area (Å²) in [5.74, 6) is 0.179. The summed E-state index contributed by atoms with van der Waals surface area (Å²) < 4.78 is 13.9. The zero-order chi connectivity index (χ0) is 14.1. The van der Waals surface area contributed by atoms with Crippen LogP contribution in [0.15, 0.2) is 53.6 Å². The second kappa shape index (κ2) is 5.13. The van der Waals surface area contributed by atoms with Crippen molar-refractivity contribution in [3.8, 4) is 0 Å². The van der Waals surface area contributed by atoms with Crippen molar-refractivity contribution in [1.29, 1.82) is 0 Å². The summed E-state index contributed by atoms with van der Waals surface area (Å²) in [6, 6.07) is 13.9. The molecule has 0 radical (unpaired) electrons. The molecule has 1 atom stereocenters. The van der Waals surface area contributed by atoms with Gasteiger partial charge in [-0.05, 0) is 29.8 Å². The van der Waals surface area contributed by atoms with E-state index >= 15 is 0 Å². The molecule has 1 aliphatic rings. The topological polar surface area (TPSA) is 41.6 Å². The molecule has 0 bridgehead atoms. The highest BCUT2D eigenvalue weighted by Gasteiger charge is 2.29. The predicted octanol–water partition coefficient (Wildman–Crippen LogP) is 3.70. The van der Waals surface area contributed by atoms with E-state index in [2.05, 4.69) is 5.10 Å². The molecule has 102 valence electrons. The van der Waals surface area contributed by atoms with Gasteiger partial charge in [-0.3, -0.25) is 5.01 Å². The molecule has 0 aliphatic carbocycles. The Labute approximate surface area is 121 Å². The van der Waals surface area contributed by atoms with Crippen molar-refractivity contribution >= 4 is 23.1 Å². The van der Waals surface area contributed by atoms with Gasteiger partial charge in [0.1, 0.15) is 11.7 Å². The van der Waals surface area contributed by atoms with E-state index in [4.69, 9.17) is 17.3 Å². The second-order valence-electron chi connectivity index (χ2n) is 4.66. The van der Waals surface area contributed by atoms with E-state index in [1.165, 1.54) is 6.07 Å². The molecule has 0 saturated carbocycles. The number of hydrogen-bond donors (Lipinski definition) is 1. The first kappa shape index (κ1) is 12.9. The lowest BCUT2D eigenvalue weighted by Gasteiger charge is -2.24. The van der Waals surface area contributed by atoms with Crippen LogP contribution in [0.5, 0.6) is 0 Å².